The number of hydrogen-bond acceptors (Lipinski definition) is 2. The van der Waals surface area contributed by atoms with Crippen LogP contribution in [-0.2, 0) is 6.54 Å². The molecule has 0 saturated heterocycles. The summed E-state index contributed by atoms with van der Waals surface area (Å²) < 4.78 is 7.54. The molecule has 0 aliphatic rings. The van der Waals surface area contributed by atoms with Gasteiger partial charge < -0.3 is 14.1 Å². The van der Waals surface area contributed by atoms with Crippen LogP contribution in [0, 0.1) is 20.8 Å². The number of carbonyl (C=O) groups is 1. The molecule has 2 heterocycles. The van der Waals surface area contributed by atoms with E-state index in [0.29, 0.717) is 18.1 Å². The molecule has 1 N–H and O–H groups in total. The Bertz CT molecular complexity index is 544. The third-order valence-electron chi connectivity index (χ3n) is 2.93. The topological polar surface area (TPSA) is 55.4 Å². The van der Waals surface area contributed by atoms with Crippen LogP contribution < -0.4 is 0 Å². The molecular weight excluding hydrogens is 218 g/mol. The molecule has 0 saturated carbocycles. The minimum atomic E-state index is -0.946. The molecular formula is C13H15NO3. The molecule has 0 bridgehead atoms. The number of nitrogens with zero attached hydrogens (tertiary/aromatic N) is 1. The lowest BCUT2D eigenvalue weighted by molar-refractivity contribution is 0.0695. The van der Waals surface area contributed by atoms with E-state index in [0.717, 1.165) is 11.4 Å². The molecule has 90 valence electrons. The highest BCUT2D eigenvalue weighted by Crippen LogP contribution is 2.17. The molecule has 4 nitrogen and oxygen atoms in total. The first-order valence-corrected chi connectivity index (χ1v) is 5.44. The van der Waals surface area contributed by atoms with Crippen molar-refractivity contribution in [2.45, 2.75) is 27.3 Å². The highest BCUT2D eigenvalue weighted by molar-refractivity contribution is 5.88. The molecule has 4 heteroatoms. The molecule has 0 amide bonds. The van der Waals surface area contributed by atoms with Gasteiger partial charge in [0.15, 0.2) is 0 Å². The van der Waals surface area contributed by atoms with Gasteiger partial charge in [0.05, 0.1) is 6.54 Å². The van der Waals surface area contributed by atoms with E-state index in [1.165, 1.54) is 0 Å². The summed E-state index contributed by atoms with van der Waals surface area (Å²) in [5.74, 6) is 0.177. The summed E-state index contributed by atoms with van der Waals surface area (Å²) in [6, 6.07) is 5.66. The van der Waals surface area contributed by atoms with Gasteiger partial charge in [-0.25, -0.2) is 4.79 Å². The zero-order valence-corrected chi connectivity index (χ0v) is 10.2. The van der Waals surface area contributed by atoms with E-state index in [-0.39, 0.29) is 5.56 Å². The SMILES string of the molecule is Cc1oc(Cn2c(C)ccc2C)cc1C(=O)O. The number of aromatic nitrogens is 1. The number of carboxylic acid groups (broad SMARTS) is 1. The first-order valence-electron chi connectivity index (χ1n) is 5.44. The molecule has 0 aliphatic carbocycles. The highest BCUT2D eigenvalue weighted by atomic mass is 16.4. The zero-order chi connectivity index (χ0) is 12.6. The van der Waals surface area contributed by atoms with Crippen molar-refractivity contribution in [1.82, 2.24) is 4.57 Å². The van der Waals surface area contributed by atoms with E-state index in [2.05, 4.69) is 4.57 Å². The summed E-state index contributed by atoms with van der Waals surface area (Å²) in [5.41, 5.74) is 2.50. The van der Waals surface area contributed by atoms with Gasteiger partial charge in [-0.05, 0) is 39.0 Å². The predicted octanol–water partition coefficient (Wildman–Crippen LogP) is 2.75. The fraction of sp³-hybridized carbons (Fsp3) is 0.308. The molecule has 0 atom stereocenters. The fourth-order valence-corrected chi connectivity index (χ4v) is 1.94. The maximum atomic E-state index is 10.9. The number of carboxylic acids is 1. The van der Waals surface area contributed by atoms with Crippen LogP contribution in [0.15, 0.2) is 22.6 Å². The first kappa shape index (κ1) is 11.5. The van der Waals surface area contributed by atoms with Crippen molar-refractivity contribution >= 4 is 5.97 Å². The summed E-state index contributed by atoms with van der Waals surface area (Å²) in [5, 5.41) is 8.95. The van der Waals surface area contributed by atoms with Crippen LogP contribution in [0.5, 0.6) is 0 Å². The Labute approximate surface area is 99.5 Å². The van der Waals surface area contributed by atoms with E-state index < -0.39 is 5.97 Å². The van der Waals surface area contributed by atoms with Crippen molar-refractivity contribution in [1.29, 1.82) is 0 Å². The smallest absolute Gasteiger partial charge is 0.339 e. The van der Waals surface area contributed by atoms with Gasteiger partial charge in [0.1, 0.15) is 17.1 Å². The van der Waals surface area contributed by atoms with E-state index >= 15 is 0 Å². The molecule has 0 unspecified atom stereocenters. The van der Waals surface area contributed by atoms with Gasteiger partial charge in [0.2, 0.25) is 0 Å². The van der Waals surface area contributed by atoms with E-state index in [1.54, 1.807) is 13.0 Å². The Morgan fingerprint density at radius 2 is 1.88 bits per heavy atom. The Hall–Kier alpha value is -1.97. The molecule has 0 aliphatic heterocycles. The fourth-order valence-electron chi connectivity index (χ4n) is 1.94. The number of aromatic carboxylic acids is 1. The van der Waals surface area contributed by atoms with Crippen LogP contribution in [0.1, 0.15) is 33.3 Å². The van der Waals surface area contributed by atoms with Crippen LogP contribution in [0.4, 0.5) is 0 Å². The van der Waals surface area contributed by atoms with Gasteiger partial charge in [-0.1, -0.05) is 0 Å². The van der Waals surface area contributed by atoms with E-state index in [4.69, 9.17) is 9.52 Å². The third-order valence-corrected chi connectivity index (χ3v) is 2.93. The van der Waals surface area contributed by atoms with Crippen molar-refractivity contribution < 1.29 is 14.3 Å². The van der Waals surface area contributed by atoms with Crippen LogP contribution in [0.3, 0.4) is 0 Å². The largest absolute Gasteiger partial charge is 0.478 e. The standard InChI is InChI=1S/C13H15NO3/c1-8-4-5-9(2)14(8)7-11-6-12(13(15)16)10(3)17-11/h4-6H,7H2,1-3H3,(H,15,16). The predicted molar refractivity (Wildman–Crippen MR) is 63.4 cm³/mol. The maximum absolute atomic E-state index is 10.9. The van der Waals surface area contributed by atoms with Gasteiger partial charge in [-0.3, -0.25) is 0 Å². The Kier molecular flexibility index (Phi) is 2.79. The van der Waals surface area contributed by atoms with Gasteiger partial charge in [-0.15, -0.1) is 0 Å². The van der Waals surface area contributed by atoms with Crippen LogP contribution in [-0.4, -0.2) is 15.6 Å². The molecule has 2 aromatic heterocycles. The normalized spacial score (nSPS) is 10.8. The first-order chi connectivity index (χ1) is 7.99. The minimum Gasteiger partial charge on any atom is -0.478 e. The van der Waals surface area contributed by atoms with Crippen molar-refractivity contribution in [2.75, 3.05) is 0 Å². The van der Waals surface area contributed by atoms with Crippen molar-refractivity contribution in [3.8, 4) is 0 Å². The average Bonchev–Trinajstić information content (AvgIpc) is 2.76. The molecule has 2 rings (SSSR count). The molecule has 0 spiro atoms. The van der Waals surface area contributed by atoms with Gasteiger partial charge >= 0.3 is 5.97 Å². The molecule has 2 aromatic rings. The lowest BCUT2D eigenvalue weighted by Crippen LogP contribution is -2.02. The lowest BCUT2D eigenvalue weighted by atomic mass is 10.2. The molecule has 17 heavy (non-hydrogen) atoms. The van der Waals surface area contributed by atoms with Crippen molar-refractivity contribution in [3.05, 3.63) is 46.7 Å². The number of rotatable bonds is 3. The highest BCUT2D eigenvalue weighted by Gasteiger charge is 2.14. The van der Waals surface area contributed by atoms with Crippen molar-refractivity contribution in [2.24, 2.45) is 0 Å². The second-order valence-electron chi connectivity index (χ2n) is 4.19. The van der Waals surface area contributed by atoms with Crippen LogP contribution >= 0.6 is 0 Å². The molecule has 0 radical (unpaired) electrons. The van der Waals surface area contributed by atoms with E-state index in [9.17, 15) is 4.79 Å². The molecule has 0 fully saturated rings. The maximum Gasteiger partial charge on any atom is 0.339 e. The third kappa shape index (κ3) is 2.11. The minimum absolute atomic E-state index is 0.238. The second kappa shape index (κ2) is 4.13. The van der Waals surface area contributed by atoms with Crippen LogP contribution in [0.25, 0.3) is 0 Å². The summed E-state index contributed by atoms with van der Waals surface area (Å²) in [6.07, 6.45) is 0. The van der Waals surface area contributed by atoms with E-state index in [1.807, 2.05) is 26.0 Å². The number of aryl methyl sites for hydroxylation is 3. The van der Waals surface area contributed by atoms with Gasteiger partial charge in [0.25, 0.3) is 0 Å². The number of hydrogen-bond donors (Lipinski definition) is 1. The zero-order valence-electron chi connectivity index (χ0n) is 10.2. The lowest BCUT2D eigenvalue weighted by Gasteiger charge is -2.06. The van der Waals surface area contributed by atoms with Crippen LogP contribution in [0.2, 0.25) is 0 Å². The summed E-state index contributed by atoms with van der Waals surface area (Å²) >= 11 is 0. The summed E-state index contributed by atoms with van der Waals surface area (Å²) in [6.45, 7) is 6.27. The Morgan fingerprint density at radius 1 is 1.29 bits per heavy atom. The quantitative estimate of drug-likeness (QED) is 0.886. The molecule has 0 aromatic carbocycles. The van der Waals surface area contributed by atoms with Gasteiger partial charge in [0, 0.05) is 11.4 Å². The Balaban J connectivity index is 2.31. The Morgan fingerprint density at radius 3 is 2.35 bits per heavy atom. The summed E-state index contributed by atoms with van der Waals surface area (Å²) in [7, 11) is 0. The number of furan rings is 1. The second-order valence-corrected chi connectivity index (χ2v) is 4.19. The summed E-state index contributed by atoms with van der Waals surface area (Å²) in [4.78, 5) is 10.9. The van der Waals surface area contributed by atoms with Gasteiger partial charge in [-0.2, -0.15) is 0 Å². The monoisotopic (exact) mass is 233 g/mol. The average molecular weight is 233 g/mol. The van der Waals surface area contributed by atoms with Crippen molar-refractivity contribution in [3.63, 3.8) is 0 Å².